The maximum absolute atomic E-state index is 11.2. The van der Waals surface area contributed by atoms with Crippen LogP contribution in [0.4, 0.5) is 5.69 Å². The van der Waals surface area contributed by atoms with Crippen molar-refractivity contribution in [2.45, 2.75) is 46.6 Å². The third-order valence-electron chi connectivity index (χ3n) is 6.56. The molecule has 2 aromatic carbocycles. The fourth-order valence-electron chi connectivity index (χ4n) is 4.49. The smallest absolute Gasteiger partial charge is 0.307 e. The molecule has 0 aromatic heterocycles. The second-order valence-corrected chi connectivity index (χ2v) is 10.9. The normalized spacial score (nSPS) is 12.0. The lowest BCUT2D eigenvalue weighted by molar-refractivity contribution is -0.136. The number of para-hydroxylation sites is 1. The van der Waals surface area contributed by atoms with Gasteiger partial charge in [-0.3, -0.25) is 9.59 Å². The lowest BCUT2D eigenvalue weighted by Crippen LogP contribution is -2.34. The first-order chi connectivity index (χ1) is 21.4. The molecule has 0 radical (unpaired) electrons. The monoisotopic (exact) mass is 624 g/mol. The van der Waals surface area contributed by atoms with E-state index in [2.05, 4.69) is 41.9 Å². The predicted octanol–water partition coefficient (Wildman–Crippen LogP) is 5.25. The minimum Gasteiger partial charge on any atom is -0.493 e. The third-order valence-corrected chi connectivity index (χ3v) is 6.56. The van der Waals surface area contributed by atoms with Gasteiger partial charge in [0.15, 0.2) is 11.5 Å². The van der Waals surface area contributed by atoms with E-state index >= 15 is 0 Å². The summed E-state index contributed by atoms with van der Waals surface area (Å²) in [4.78, 5) is 34.3. The van der Waals surface area contributed by atoms with E-state index in [0.29, 0.717) is 23.7 Å². The fraction of sp³-hybridized carbons (Fsp3) is 0.400. The number of carbonyl (C=O) groups excluding carboxylic acids is 2. The van der Waals surface area contributed by atoms with Crippen LogP contribution >= 0.6 is 0 Å². The molecule has 10 nitrogen and oxygen atoms in total. The number of aryl methyl sites for hydroxylation is 1. The van der Waals surface area contributed by atoms with Gasteiger partial charge in [-0.25, -0.2) is 0 Å². The van der Waals surface area contributed by atoms with Crippen molar-refractivity contribution in [2.24, 2.45) is 5.41 Å². The van der Waals surface area contributed by atoms with Crippen LogP contribution < -0.4 is 19.7 Å². The number of methoxy groups -OCH3 is 2. The summed E-state index contributed by atoms with van der Waals surface area (Å²) >= 11 is 0. The van der Waals surface area contributed by atoms with Crippen LogP contribution in [-0.4, -0.2) is 69.4 Å². The molecule has 3 N–H and O–H groups in total. The van der Waals surface area contributed by atoms with Crippen molar-refractivity contribution < 1.29 is 38.8 Å². The van der Waals surface area contributed by atoms with Crippen LogP contribution in [0.3, 0.4) is 0 Å². The highest BCUT2D eigenvalue weighted by Crippen LogP contribution is 2.42. The van der Waals surface area contributed by atoms with E-state index in [1.165, 1.54) is 19.1 Å². The Balaban J connectivity index is 0.000000609. The molecule has 1 atom stereocenters. The van der Waals surface area contributed by atoms with Crippen LogP contribution in [0.1, 0.15) is 56.9 Å². The summed E-state index contributed by atoms with van der Waals surface area (Å²) in [5.41, 5.74) is 4.04. The number of allylic oxidation sites excluding steroid dienone is 3. The number of carboxylic acids is 1. The Kier molecular flexibility index (Phi) is 17.0. The number of ether oxygens (including phenoxy) is 3. The number of aliphatic hydroxyl groups is 1. The second-order valence-electron chi connectivity index (χ2n) is 10.9. The Hall–Kier alpha value is -4.41. The number of aldehydes is 1. The van der Waals surface area contributed by atoms with Crippen molar-refractivity contribution in [3.05, 3.63) is 89.7 Å². The third kappa shape index (κ3) is 13.0. The van der Waals surface area contributed by atoms with Gasteiger partial charge in [0, 0.05) is 55.0 Å². The molecular weight excluding hydrogens is 576 g/mol. The summed E-state index contributed by atoms with van der Waals surface area (Å²) in [6, 6.07) is 11.9. The van der Waals surface area contributed by atoms with Gasteiger partial charge in [-0.1, -0.05) is 63.8 Å². The Morgan fingerprint density at radius 3 is 2.38 bits per heavy atom. The molecule has 2 rings (SSSR count). The maximum atomic E-state index is 11.2. The molecule has 0 saturated carbocycles. The van der Waals surface area contributed by atoms with Crippen LogP contribution in [0, 0.1) is 5.41 Å². The number of hydrogen-bond donors (Lipinski definition) is 3. The number of carboxylic acid groups (broad SMARTS) is 1. The number of aliphatic carboxylic acids is 1. The SMILES string of the molecule is C=C/C=C\C(=C/CC(=O)O)NC(C)=O.CCc1ccc(N(C)CC(C)(C)CO)c(C(OCC=O)c2cccc(OC)c2OC)c1. The average molecular weight is 625 g/mol. The number of anilines is 1. The standard InChI is InChI=1S/C25H35NO5.C10H13NO3/c1-7-18-11-12-21(26(4)16-25(2,3)17-28)20(15-18)23(31-14-13-27)19-9-8-10-22(29-5)24(19)30-6;1-3-4-5-9(11-8(2)12)6-7-10(13)14/h8-13,15,23,28H,7,14,16-17H2,1-6H3;3-6H,1,7H2,2H3,(H,11,12)(H,13,14)/b;5-4-,9-6+. The molecule has 2 aromatic rings. The zero-order chi connectivity index (χ0) is 34.0. The van der Waals surface area contributed by atoms with E-state index in [1.54, 1.807) is 26.4 Å². The summed E-state index contributed by atoms with van der Waals surface area (Å²) in [6.45, 7) is 11.6. The summed E-state index contributed by atoms with van der Waals surface area (Å²) in [6.07, 6.45) is 7.12. The van der Waals surface area contributed by atoms with Crippen LogP contribution in [0.5, 0.6) is 11.5 Å². The van der Waals surface area contributed by atoms with Crippen molar-refractivity contribution in [3.63, 3.8) is 0 Å². The Bertz CT molecular complexity index is 1330. The van der Waals surface area contributed by atoms with Gasteiger partial charge >= 0.3 is 5.97 Å². The first kappa shape index (κ1) is 38.6. The molecule has 0 heterocycles. The molecule has 0 aliphatic rings. The molecular formula is C35H48N2O8. The Morgan fingerprint density at radius 1 is 1.13 bits per heavy atom. The number of amides is 1. The van der Waals surface area contributed by atoms with Crippen molar-refractivity contribution in [3.8, 4) is 11.5 Å². The first-order valence-electron chi connectivity index (χ1n) is 14.6. The van der Waals surface area contributed by atoms with Crippen LogP contribution in [-0.2, 0) is 25.5 Å². The summed E-state index contributed by atoms with van der Waals surface area (Å²) in [7, 11) is 5.19. The topological polar surface area (TPSA) is 135 Å². The quantitative estimate of drug-likeness (QED) is 0.159. The minimum absolute atomic E-state index is 0.0489. The lowest BCUT2D eigenvalue weighted by Gasteiger charge is -2.33. The summed E-state index contributed by atoms with van der Waals surface area (Å²) in [5.74, 6) is -0.00929. The van der Waals surface area contributed by atoms with Gasteiger partial charge in [-0.05, 0) is 36.3 Å². The molecule has 0 saturated heterocycles. The molecule has 0 fully saturated rings. The summed E-state index contributed by atoms with van der Waals surface area (Å²) < 4.78 is 17.2. The number of carbonyl (C=O) groups is 3. The zero-order valence-electron chi connectivity index (χ0n) is 27.5. The second kappa shape index (κ2) is 19.8. The summed E-state index contributed by atoms with van der Waals surface area (Å²) in [5, 5.41) is 20.7. The van der Waals surface area contributed by atoms with E-state index in [9.17, 15) is 19.5 Å². The van der Waals surface area contributed by atoms with Crippen molar-refractivity contribution in [1.29, 1.82) is 0 Å². The van der Waals surface area contributed by atoms with Crippen molar-refractivity contribution in [2.75, 3.05) is 45.9 Å². The molecule has 1 unspecified atom stereocenters. The Morgan fingerprint density at radius 2 is 1.84 bits per heavy atom. The minimum atomic E-state index is -0.945. The van der Waals surface area contributed by atoms with Crippen molar-refractivity contribution in [1.82, 2.24) is 5.32 Å². The molecule has 1 amide bonds. The molecule has 10 heteroatoms. The molecule has 0 aliphatic carbocycles. The molecule has 45 heavy (non-hydrogen) atoms. The molecule has 0 spiro atoms. The van der Waals surface area contributed by atoms with Gasteiger partial charge in [0.1, 0.15) is 19.0 Å². The maximum Gasteiger partial charge on any atom is 0.307 e. The van der Waals surface area contributed by atoms with E-state index in [1.807, 2.05) is 39.1 Å². The largest absolute Gasteiger partial charge is 0.493 e. The van der Waals surface area contributed by atoms with Gasteiger partial charge in [-0.2, -0.15) is 0 Å². The van der Waals surface area contributed by atoms with Gasteiger partial charge in [0.2, 0.25) is 5.91 Å². The van der Waals surface area contributed by atoms with Gasteiger partial charge in [0.05, 0.1) is 20.6 Å². The van der Waals surface area contributed by atoms with Gasteiger partial charge in [-0.15, -0.1) is 0 Å². The van der Waals surface area contributed by atoms with E-state index < -0.39 is 12.1 Å². The fourth-order valence-corrected chi connectivity index (χ4v) is 4.49. The van der Waals surface area contributed by atoms with Gasteiger partial charge in [0.25, 0.3) is 0 Å². The predicted molar refractivity (Wildman–Crippen MR) is 177 cm³/mol. The average Bonchev–Trinajstić information content (AvgIpc) is 3.01. The van der Waals surface area contributed by atoms with Crippen molar-refractivity contribution >= 4 is 23.9 Å². The number of hydrogen-bond acceptors (Lipinski definition) is 8. The van der Waals surface area contributed by atoms with Gasteiger partial charge < -0.3 is 39.4 Å². The number of aliphatic hydroxyl groups excluding tert-OH is 1. The van der Waals surface area contributed by atoms with E-state index in [4.69, 9.17) is 19.3 Å². The molecule has 246 valence electrons. The van der Waals surface area contributed by atoms with Crippen LogP contribution in [0.2, 0.25) is 0 Å². The zero-order valence-corrected chi connectivity index (χ0v) is 27.5. The highest BCUT2D eigenvalue weighted by Gasteiger charge is 2.27. The van der Waals surface area contributed by atoms with Crippen LogP contribution in [0.15, 0.2) is 73.0 Å². The number of nitrogens with zero attached hydrogens (tertiary/aromatic N) is 1. The molecule has 0 bridgehead atoms. The lowest BCUT2D eigenvalue weighted by atomic mass is 9.92. The van der Waals surface area contributed by atoms with E-state index in [0.717, 1.165) is 35.1 Å². The number of nitrogens with one attached hydrogen (secondary N) is 1. The first-order valence-corrected chi connectivity index (χ1v) is 14.6. The number of benzene rings is 2. The Labute approximate surface area is 267 Å². The molecule has 0 aliphatic heterocycles. The van der Waals surface area contributed by atoms with Crippen LogP contribution in [0.25, 0.3) is 0 Å². The number of rotatable bonds is 17. The highest BCUT2D eigenvalue weighted by atomic mass is 16.5. The van der Waals surface area contributed by atoms with E-state index in [-0.39, 0.29) is 31.0 Å². The highest BCUT2D eigenvalue weighted by molar-refractivity contribution is 5.76.